The topological polar surface area (TPSA) is 128 Å². The van der Waals surface area contributed by atoms with Crippen molar-refractivity contribution in [3.8, 4) is 0 Å². The Hall–Kier alpha value is -4.03. The number of hydrogen-bond donors (Lipinski definition) is 1. The van der Waals surface area contributed by atoms with Crippen molar-refractivity contribution in [2.75, 3.05) is 25.0 Å². The van der Waals surface area contributed by atoms with Gasteiger partial charge in [-0.2, -0.15) is 0 Å². The van der Waals surface area contributed by atoms with Crippen LogP contribution >= 0.6 is 0 Å². The summed E-state index contributed by atoms with van der Waals surface area (Å²) < 4.78 is 20.6. The summed E-state index contributed by atoms with van der Waals surface area (Å²) in [7, 11) is 0. The standard InChI is InChI=1S/C35H44N6O6/c1-33(2,3)47-32(44)39-18-14-35(15-19-39)13-9-16-41(35)31(43)24-20-25(27-26(24)45-34(4,5)46-27)40-17-12-23-28(36-21-37-29(23)40)38-30(42)22-10-7-6-8-11-22/h6-8,10-12,17,21,24-27H,9,13-16,18-20H2,1-5H3,(H,36,37,38,42)/t24-,25+,26+,27-/m0/s1. The number of ether oxygens (including phenoxy) is 3. The van der Waals surface area contributed by atoms with Crippen LogP contribution in [0.15, 0.2) is 48.9 Å². The number of carbonyl (C=O) groups is 3. The van der Waals surface area contributed by atoms with Gasteiger partial charge in [0.25, 0.3) is 5.91 Å². The second-order valence-electron chi connectivity index (χ2n) is 14.8. The maximum absolute atomic E-state index is 14.6. The lowest BCUT2D eigenvalue weighted by molar-refractivity contribution is -0.167. The zero-order valence-electron chi connectivity index (χ0n) is 27.8. The molecule has 1 spiro atoms. The first-order valence-electron chi connectivity index (χ1n) is 16.7. The molecule has 47 heavy (non-hydrogen) atoms. The molecule has 7 rings (SSSR count). The van der Waals surface area contributed by atoms with Crippen molar-refractivity contribution in [2.24, 2.45) is 5.92 Å². The molecule has 3 aromatic rings. The summed E-state index contributed by atoms with van der Waals surface area (Å²) in [6.45, 7) is 11.2. The fourth-order valence-corrected chi connectivity index (χ4v) is 8.01. The third-order valence-corrected chi connectivity index (χ3v) is 10.1. The highest BCUT2D eigenvalue weighted by Crippen LogP contribution is 2.50. The number of benzene rings is 1. The van der Waals surface area contributed by atoms with Crippen molar-refractivity contribution < 1.29 is 28.6 Å². The quantitative estimate of drug-likeness (QED) is 0.413. The molecule has 4 atom stereocenters. The predicted molar refractivity (Wildman–Crippen MR) is 174 cm³/mol. The molecule has 0 unspecified atom stereocenters. The number of amides is 3. The lowest BCUT2D eigenvalue weighted by atomic mass is 9.84. The molecule has 4 aliphatic rings. The van der Waals surface area contributed by atoms with Gasteiger partial charge in [-0.15, -0.1) is 0 Å². The minimum atomic E-state index is -0.846. The van der Waals surface area contributed by atoms with Crippen molar-refractivity contribution in [3.05, 3.63) is 54.5 Å². The normalized spacial score (nSPS) is 26.5. The zero-order chi connectivity index (χ0) is 33.1. The Balaban J connectivity index is 1.12. The molecule has 1 N–H and O–H groups in total. The molecular formula is C35H44N6O6. The molecule has 4 fully saturated rings. The second-order valence-corrected chi connectivity index (χ2v) is 14.8. The summed E-state index contributed by atoms with van der Waals surface area (Å²) in [6, 6.07) is 10.7. The maximum atomic E-state index is 14.6. The Morgan fingerprint density at radius 2 is 1.68 bits per heavy atom. The van der Waals surface area contributed by atoms with Gasteiger partial charge >= 0.3 is 6.09 Å². The lowest BCUT2D eigenvalue weighted by Gasteiger charge is -2.46. The Morgan fingerprint density at radius 1 is 0.957 bits per heavy atom. The highest BCUT2D eigenvalue weighted by atomic mass is 16.8. The molecule has 12 heteroatoms. The van der Waals surface area contributed by atoms with Crippen LogP contribution < -0.4 is 5.32 Å². The van der Waals surface area contributed by atoms with Crippen molar-refractivity contribution in [3.63, 3.8) is 0 Å². The molecule has 0 bridgehead atoms. The lowest BCUT2D eigenvalue weighted by Crippen LogP contribution is -2.57. The highest BCUT2D eigenvalue weighted by molar-refractivity contribution is 6.07. The molecule has 1 saturated carbocycles. The molecular weight excluding hydrogens is 600 g/mol. The molecule has 12 nitrogen and oxygen atoms in total. The van der Waals surface area contributed by atoms with Gasteiger partial charge in [-0.25, -0.2) is 14.8 Å². The predicted octanol–water partition coefficient (Wildman–Crippen LogP) is 5.16. The summed E-state index contributed by atoms with van der Waals surface area (Å²) in [6.07, 6.45) is 6.13. The van der Waals surface area contributed by atoms with E-state index in [4.69, 9.17) is 14.2 Å². The van der Waals surface area contributed by atoms with Gasteiger partial charge in [0, 0.05) is 36.9 Å². The summed E-state index contributed by atoms with van der Waals surface area (Å²) in [5, 5.41) is 3.64. The average molecular weight is 645 g/mol. The number of rotatable bonds is 4. The van der Waals surface area contributed by atoms with E-state index in [0.717, 1.165) is 25.7 Å². The summed E-state index contributed by atoms with van der Waals surface area (Å²) in [5.41, 5.74) is 0.355. The van der Waals surface area contributed by atoms with E-state index in [2.05, 4.69) is 20.2 Å². The van der Waals surface area contributed by atoms with Crippen molar-refractivity contribution >= 4 is 34.8 Å². The SMILES string of the molecule is CC(C)(C)OC(=O)N1CCC2(CCCN2C(=O)[C@H]2C[C@@H](n3ccc4c(NC(=O)c5ccccc5)ncnc43)[C@@H]3OC(C)(C)O[C@@H]32)CC1. The van der Waals surface area contributed by atoms with E-state index in [0.29, 0.717) is 48.5 Å². The van der Waals surface area contributed by atoms with Gasteiger partial charge in [0.05, 0.1) is 17.3 Å². The maximum Gasteiger partial charge on any atom is 0.410 e. The second kappa shape index (κ2) is 11.6. The van der Waals surface area contributed by atoms with Crippen LogP contribution in [0.4, 0.5) is 10.6 Å². The van der Waals surface area contributed by atoms with Crippen LogP contribution in [0.2, 0.25) is 0 Å². The van der Waals surface area contributed by atoms with Gasteiger partial charge in [-0.1, -0.05) is 18.2 Å². The molecule has 1 aliphatic carbocycles. The van der Waals surface area contributed by atoms with Gasteiger partial charge in [0.2, 0.25) is 5.91 Å². The first kappa shape index (κ1) is 31.6. The Bertz CT molecular complexity index is 1670. The number of piperidine rings is 1. The van der Waals surface area contributed by atoms with Gasteiger partial charge in [-0.3, -0.25) is 9.59 Å². The van der Waals surface area contributed by atoms with Crippen molar-refractivity contribution in [2.45, 2.75) is 102 Å². The zero-order valence-corrected chi connectivity index (χ0v) is 27.8. The van der Waals surface area contributed by atoms with Crippen LogP contribution in [0.5, 0.6) is 0 Å². The number of likely N-dealkylation sites (tertiary alicyclic amines) is 2. The Morgan fingerprint density at radius 3 is 2.40 bits per heavy atom. The number of hydrogen-bond acceptors (Lipinski definition) is 8. The molecule has 5 heterocycles. The fraction of sp³-hybridized carbons (Fsp3) is 0.571. The average Bonchev–Trinajstić information content (AvgIpc) is 3.79. The van der Waals surface area contributed by atoms with E-state index in [1.165, 1.54) is 6.33 Å². The highest BCUT2D eigenvalue weighted by Gasteiger charge is 2.59. The van der Waals surface area contributed by atoms with Gasteiger partial charge in [0.1, 0.15) is 35.6 Å². The van der Waals surface area contributed by atoms with E-state index >= 15 is 0 Å². The van der Waals surface area contributed by atoms with E-state index < -0.39 is 23.4 Å². The molecule has 1 aromatic carbocycles. The summed E-state index contributed by atoms with van der Waals surface area (Å²) >= 11 is 0. The van der Waals surface area contributed by atoms with E-state index in [1.54, 1.807) is 17.0 Å². The molecule has 3 amide bonds. The third kappa shape index (κ3) is 5.86. The number of carbonyl (C=O) groups excluding carboxylic acids is 3. The molecule has 0 radical (unpaired) electrons. The van der Waals surface area contributed by atoms with Crippen LogP contribution in [0.3, 0.4) is 0 Å². The van der Waals surface area contributed by atoms with Crippen LogP contribution in [0, 0.1) is 5.92 Å². The number of aromatic nitrogens is 3. The number of fused-ring (bicyclic) bond motifs is 2. The minimum absolute atomic E-state index is 0.0916. The Labute approximate surface area is 274 Å². The van der Waals surface area contributed by atoms with Gasteiger partial charge < -0.3 is 33.9 Å². The molecule has 2 aromatic heterocycles. The van der Waals surface area contributed by atoms with Crippen LogP contribution in [-0.4, -0.2) is 91.0 Å². The number of nitrogens with zero attached hydrogens (tertiary/aromatic N) is 5. The minimum Gasteiger partial charge on any atom is -0.444 e. The third-order valence-electron chi connectivity index (χ3n) is 10.1. The van der Waals surface area contributed by atoms with Crippen molar-refractivity contribution in [1.29, 1.82) is 0 Å². The van der Waals surface area contributed by atoms with E-state index in [9.17, 15) is 14.4 Å². The summed E-state index contributed by atoms with van der Waals surface area (Å²) in [4.78, 5) is 53.1. The number of nitrogens with one attached hydrogen (secondary N) is 1. The van der Waals surface area contributed by atoms with Crippen LogP contribution in [0.25, 0.3) is 11.0 Å². The van der Waals surface area contributed by atoms with E-state index in [1.807, 2.05) is 69.6 Å². The largest absolute Gasteiger partial charge is 0.444 e. The molecule has 250 valence electrons. The monoisotopic (exact) mass is 644 g/mol. The van der Waals surface area contributed by atoms with E-state index in [-0.39, 0.29) is 35.6 Å². The first-order valence-corrected chi connectivity index (χ1v) is 16.7. The first-order chi connectivity index (χ1) is 22.3. The van der Waals surface area contributed by atoms with Crippen LogP contribution in [-0.2, 0) is 19.0 Å². The fourth-order valence-electron chi connectivity index (χ4n) is 8.01. The summed E-state index contributed by atoms with van der Waals surface area (Å²) in [5.74, 6) is -0.988. The number of anilines is 1. The smallest absolute Gasteiger partial charge is 0.410 e. The Kier molecular flexibility index (Phi) is 7.78. The molecule has 3 saturated heterocycles. The van der Waals surface area contributed by atoms with Gasteiger partial charge in [-0.05, 0) is 84.9 Å². The van der Waals surface area contributed by atoms with Gasteiger partial charge in [0.15, 0.2) is 5.79 Å². The molecule has 3 aliphatic heterocycles. The van der Waals surface area contributed by atoms with Crippen molar-refractivity contribution in [1.82, 2.24) is 24.3 Å². The van der Waals surface area contributed by atoms with Crippen LogP contribution in [0.1, 0.15) is 83.1 Å².